The molecule has 0 unspecified atom stereocenters. The van der Waals surface area contributed by atoms with Crippen LogP contribution in [0, 0.1) is 0 Å². The van der Waals surface area contributed by atoms with E-state index in [4.69, 9.17) is 16.0 Å². The summed E-state index contributed by atoms with van der Waals surface area (Å²) in [5.74, 6) is 0.307. The number of aromatic nitrogens is 2. The molecule has 0 saturated heterocycles. The number of halogens is 1. The number of nitrogens with zero attached hydrogens (tertiary/aromatic N) is 3. The lowest BCUT2D eigenvalue weighted by Gasteiger charge is -2.25. The van der Waals surface area contributed by atoms with Gasteiger partial charge in [-0.2, -0.15) is 0 Å². The number of rotatable bonds is 7. The van der Waals surface area contributed by atoms with Crippen LogP contribution in [0.1, 0.15) is 0 Å². The van der Waals surface area contributed by atoms with Gasteiger partial charge in [-0.3, -0.25) is 15.2 Å². The van der Waals surface area contributed by atoms with Crippen LogP contribution in [0.5, 0.6) is 0 Å². The van der Waals surface area contributed by atoms with Gasteiger partial charge < -0.3 is 4.42 Å². The summed E-state index contributed by atoms with van der Waals surface area (Å²) < 4.78 is 5.64. The third-order valence-corrected chi connectivity index (χ3v) is 5.16. The number of hydrogen-bond acceptors (Lipinski definition) is 6. The third-order valence-electron chi connectivity index (χ3n) is 4.09. The van der Waals surface area contributed by atoms with Crippen LogP contribution in [0.3, 0.4) is 0 Å². The first-order valence-electron chi connectivity index (χ1n) is 9.11. The fourth-order valence-electron chi connectivity index (χ4n) is 2.69. The maximum atomic E-state index is 12.6. The summed E-state index contributed by atoms with van der Waals surface area (Å²) >= 11 is 7.07. The quantitative estimate of drug-likeness (QED) is 0.311. The molecule has 0 aliphatic carbocycles. The zero-order chi connectivity index (χ0) is 20.8. The molecule has 8 heteroatoms. The summed E-state index contributed by atoms with van der Waals surface area (Å²) in [7, 11) is 0. The molecule has 3 aromatic carbocycles. The van der Waals surface area contributed by atoms with E-state index in [1.165, 1.54) is 11.8 Å². The molecule has 0 bridgehead atoms. The minimum atomic E-state index is -0.195. The van der Waals surface area contributed by atoms with Crippen molar-refractivity contribution in [2.24, 2.45) is 0 Å². The van der Waals surface area contributed by atoms with Crippen molar-refractivity contribution in [1.82, 2.24) is 15.6 Å². The number of carbonyl (C=O) groups is 1. The molecule has 30 heavy (non-hydrogen) atoms. The lowest BCUT2D eigenvalue weighted by Crippen LogP contribution is -2.39. The Bertz CT molecular complexity index is 1070. The van der Waals surface area contributed by atoms with Crippen LogP contribution in [0.25, 0.3) is 11.5 Å². The number of carbonyl (C=O) groups excluding carboxylic acids is 1. The molecule has 0 aliphatic heterocycles. The van der Waals surface area contributed by atoms with Crippen molar-refractivity contribution in [2.75, 3.05) is 10.8 Å². The Morgan fingerprint density at radius 2 is 1.50 bits per heavy atom. The molecule has 4 aromatic rings. The number of para-hydroxylation sites is 2. The van der Waals surface area contributed by atoms with Crippen molar-refractivity contribution >= 4 is 40.6 Å². The van der Waals surface area contributed by atoms with Crippen LogP contribution in [-0.2, 0) is 4.79 Å². The highest BCUT2D eigenvalue weighted by molar-refractivity contribution is 7.99. The van der Waals surface area contributed by atoms with E-state index in [9.17, 15) is 4.79 Å². The van der Waals surface area contributed by atoms with E-state index in [2.05, 4.69) is 15.6 Å². The second-order valence-electron chi connectivity index (χ2n) is 6.21. The molecule has 1 N–H and O–H groups in total. The van der Waals surface area contributed by atoms with Crippen molar-refractivity contribution in [3.63, 3.8) is 0 Å². The molecule has 1 aromatic heterocycles. The van der Waals surface area contributed by atoms with Crippen LogP contribution in [-0.4, -0.2) is 21.9 Å². The minimum Gasteiger partial charge on any atom is -0.411 e. The average Bonchev–Trinajstić information content (AvgIpc) is 3.27. The van der Waals surface area contributed by atoms with Gasteiger partial charge in [0.1, 0.15) is 0 Å². The Kier molecular flexibility index (Phi) is 6.32. The number of hydrogen-bond donors (Lipinski definition) is 1. The van der Waals surface area contributed by atoms with E-state index in [1.54, 1.807) is 29.3 Å². The number of hydrazine groups is 1. The Labute approximate surface area is 182 Å². The SMILES string of the molecule is O=C(CSc1nnc(-c2ccc(Cl)cc2)o1)NN(c1ccccc1)c1ccccc1. The Morgan fingerprint density at radius 3 is 2.10 bits per heavy atom. The molecular weight excluding hydrogens is 420 g/mol. The van der Waals surface area contributed by atoms with Crippen LogP contribution in [0.15, 0.2) is 94.6 Å². The van der Waals surface area contributed by atoms with Crippen molar-refractivity contribution in [1.29, 1.82) is 0 Å². The smallest absolute Gasteiger partial charge is 0.277 e. The molecule has 150 valence electrons. The van der Waals surface area contributed by atoms with Gasteiger partial charge in [-0.05, 0) is 48.5 Å². The zero-order valence-electron chi connectivity index (χ0n) is 15.7. The van der Waals surface area contributed by atoms with Gasteiger partial charge in [-0.25, -0.2) is 0 Å². The molecule has 0 radical (unpaired) electrons. The molecule has 0 aliphatic rings. The van der Waals surface area contributed by atoms with Crippen LogP contribution in [0.2, 0.25) is 5.02 Å². The van der Waals surface area contributed by atoms with Crippen molar-refractivity contribution in [2.45, 2.75) is 5.22 Å². The minimum absolute atomic E-state index is 0.123. The van der Waals surface area contributed by atoms with Gasteiger partial charge in [0.2, 0.25) is 11.8 Å². The Hall–Kier alpha value is -3.29. The highest BCUT2D eigenvalue weighted by Gasteiger charge is 2.15. The predicted octanol–water partition coefficient (Wildman–Crippen LogP) is 5.35. The van der Waals surface area contributed by atoms with E-state index >= 15 is 0 Å². The fourth-order valence-corrected chi connectivity index (χ4v) is 3.38. The van der Waals surface area contributed by atoms with Gasteiger partial charge in [0, 0.05) is 10.6 Å². The number of nitrogens with one attached hydrogen (secondary N) is 1. The summed E-state index contributed by atoms with van der Waals surface area (Å²) in [5.41, 5.74) is 5.40. The molecule has 0 saturated carbocycles. The van der Waals surface area contributed by atoms with Crippen molar-refractivity contribution in [3.8, 4) is 11.5 Å². The molecule has 1 amide bonds. The summed E-state index contributed by atoms with van der Waals surface area (Å²) in [6.07, 6.45) is 0. The summed E-state index contributed by atoms with van der Waals surface area (Å²) in [4.78, 5) is 12.6. The molecule has 0 spiro atoms. The monoisotopic (exact) mass is 436 g/mol. The van der Waals surface area contributed by atoms with Crippen LogP contribution < -0.4 is 10.4 Å². The Balaban J connectivity index is 1.41. The van der Waals surface area contributed by atoms with Crippen LogP contribution >= 0.6 is 23.4 Å². The molecule has 6 nitrogen and oxygen atoms in total. The molecule has 1 heterocycles. The standard InChI is InChI=1S/C22H17ClN4O2S/c23-17-13-11-16(12-14-17)21-24-25-22(29-21)30-15-20(28)26-27(18-7-3-1-4-8-18)19-9-5-2-6-10-19/h1-14H,15H2,(H,26,28). The topological polar surface area (TPSA) is 71.3 Å². The fraction of sp³-hybridized carbons (Fsp3) is 0.0455. The van der Waals surface area contributed by atoms with Gasteiger partial charge in [-0.15, -0.1) is 10.2 Å². The second kappa shape index (κ2) is 9.47. The maximum Gasteiger partial charge on any atom is 0.277 e. The number of thioether (sulfide) groups is 1. The second-order valence-corrected chi connectivity index (χ2v) is 7.57. The molecule has 0 fully saturated rings. The van der Waals surface area contributed by atoms with E-state index in [1.807, 2.05) is 60.7 Å². The summed E-state index contributed by atoms with van der Waals surface area (Å²) in [6.45, 7) is 0. The first-order chi connectivity index (χ1) is 14.7. The van der Waals surface area contributed by atoms with Gasteiger partial charge >= 0.3 is 0 Å². The van der Waals surface area contributed by atoms with Gasteiger partial charge in [0.15, 0.2) is 0 Å². The van der Waals surface area contributed by atoms with Crippen LogP contribution in [0.4, 0.5) is 11.4 Å². The Morgan fingerprint density at radius 1 is 0.900 bits per heavy atom. The number of amides is 1. The third kappa shape index (κ3) is 5.00. The highest BCUT2D eigenvalue weighted by atomic mass is 35.5. The summed E-state index contributed by atoms with van der Waals surface area (Å²) in [5, 5.41) is 10.7. The number of benzene rings is 3. The van der Waals surface area contributed by atoms with Gasteiger partial charge in [-0.1, -0.05) is 59.8 Å². The van der Waals surface area contributed by atoms with Crippen molar-refractivity contribution < 1.29 is 9.21 Å². The molecule has 0 atom stereocenters. The lowest BCUT2D eigenvalue weighted by molar-refractivity contribution is -0.118. The predicted molar refractivity (Wildman–Crippen MR) is 119 cm³/mol. The zero-order valence-corrected chi connectivity index (χ0v) is 17.3. The van der Waals surface area contributed by atoms with Gasteiger partial charge in [0.05, 0.1) is 17.1 Å². The summed E-state index contributed by atoms with van der Waals surface area (Å²) in [6, 6.07) is 26.4. The lowest BCUT2D eigenvalue weighted by atomic mass is 10.2. The first-order valence-corrected chi connectivity index (χ1v) is 10.5. The largest absolute Gasteiger partial charge is 0.411 e. The average molecular weight is 437 g/mol. The number of anilines is 2. The first kappa shape index (κ1) is 20.0. The highest BCUT2D eigenvalue weighted by Crippen LogP contribution is 2.25. The molecular formula is C22H17ClN4O2S. The maximum absolute atomic E-state index is 12.6. The van der Waals surface area contributed by atoms with Gasteiger partial charge in [0.25, 0.3) is 5.22 Å². The van der Waals surface area contributed by atoms with E-state index in [-0.39, 0.29) is 11.7 Å². The normalized spacial score (nSPS) is 10.6. The van der Waals surface area contributed by atoms with Crippen molar-refractivity contribution in [3.05, 3.63) is 90.0 Å². The van der Waals surface area contributed by atoms with E-state index in [0.717, 1.165) is 16.9 Å². The van der Waals surface area contributed by atoms with E-state index < -0.39 is 0 Å². The van der Waals surface area contributed by atoms with E-state index in [0.29, 0.717) is 16.1 Å². The molecule has 4 rings (SSSR count).